The largest absolute Gasteiger partial charge is 0.407 e. The summed E-state index contributed by atoms with van der Waals surface area (Å²) < 4.78 is 6.86. The lowest BCUT2D eigenvalue weighted by atomic mass is 9.93. The van der Waals surface area contributed by atoms with Gasteiger partial charge in [0, 0.05) is 25.0 Å². The lowest BCUT2D eigenvalue weighted by molar-refractivity contribution is 0.0512. The second-order valence-corrected chi connectivity index (χ2v) is 13.5. The Morgan fingerprint density at radius 3 is 1.87 bits per heavy atom. The van der Waals surface area contributed by atoms with Crippen LogP contribution < -0.4 is 10.4 Å². The van der Waals surface area contributed by atoms with E-state index in [0.29, 0.717) is 6.61 Å². The van der Waals surface area contributed by atoms with Crippen molar-refractivity contribution < 1.29 is 14.6 Å². The number of hydrogen-bond acceptors (Lipinski definition) is 3. The maximum Gasteiger partial charge on any atom is 0.261 e. The minimum Gasteiger partial charge on any atom is -0.407 e. The van der Waals surface area contributed by atoms with Crippen molar-refractivity contribution in [3.8, 4) is 0 Å². The van der Waals surface area contributed by atoms with Crippen molar-refractivity contribution in [2.24, 2.45) is 11.8 Å². The molecule has 0 aliphatic rings. The average molecular weight is 427 g/mol. The van der Waals surface area contributed by atoms with Gasteiger partial charge in [-0.05, 0) is 21.8 Å². The average Bonchev–Trinajstić information content (AvgIpc) is 2.75. The quantitative estimate of drug-likeness (QED) is 0.341. The van der Waals surface area contributed by atoms with Crippen LogP contribution in [0, 0.1) is 11.8 Å². The molecule has 164 valence electrons. The van der Waals surface area contributed by atoms with Gasteiger partial charge in [0.05, 0.1) is 6.10 Å². The minimum atomic E-state index is -2.49. The summed E-state index contributed by atoms with van der Waals surface area (Å²) in [6, 6.07) is 21.3. The van der Waals surface area contributed by atoms with E-state index in [9.17, 15) is 10.2 Å². The SMILES string of the molecule is C[C@H](CO)[C@@H](O)[C@@H](C)/C=C/CCO[Si](c1ccccc1)(c1ccccc1)C(C)(C)C. The van der Waals surface area contributed by atoms with E-state index in [1.54, 1.807) is 0 Å². The van der Waals surface area contributed by atoms with Crippen molar-refractivity contribution in [1.82, 2.24) is 0 Å². The van der Waals surface area contributed by atoms with Gasteiger partial charge >= 0.3 is 0 Å². The summed E-state index contributed by atoms with van der Waals surface area (Å²) in [6.07, 6.45) is 4.37. The lowest BCUT2D eigenvalue weighted by Gasteiger charge is -2.43. The number of aliphatic hydroxyl groups excluding tert-OH is 2. The van der Waals surface area contributed by atoms with Gasteiger partial charge < -0.3 is 14.6 Å². The van der Waals surface area contributed by atoms with E-state index < -0.39 is 14.4 Å². The Morgan fingerprint density at radius 2 is 1.43 bits per heavy atom. The highest BCUT2D eigenvalue weighted by Crippen LogP contribution is 2.36. The summed E-state index contributed by atoms with van der Waals surface area (Å²) >= 11 is 0. The highest BCUT2D eigenvalue weighted by Gasteiger charge is 2.49. The van der Waals surface area contributed by atoms with Crippen LogP contribution in [0.25, 0.3) is 0 Å². The molecule has 0 heterocycles. The molecule has 2 rings (SSSR count). The number of rotatable bonds is 10. The Bertz CT molecular complexity index is 728. The smallest absolute Gasteiger partial charge is 0.261 e. The highest BCUT2D eigenvalue weighted by atomic mass is 28.4. The molecule has 2 aromatic rings. The summed E-state index contributed by atoms with van der Waals surface area (Å²) in [5.41, 5.74) is 0. The first-order valence-corrected chi connectivity index (χ1v) is 12.9. The van der Waals surface area contributed by atoms with Crippen molar-refractivity contribution in [1.29, 1.82) is 0 Å². The molecule has 2 N–H and O–H groups in total. The molecular formula is C26H38O3Si. The molecule has 3 nitrogen and oxygen atoms in total. The van der Waals surface area contributed by atoms with Crippen molar-refractivity contribution in [2.45, 2.75) is 52.2 Å². The highest BCUT2D eigenvalue weighted by molar-refractivity contribution is 6.99. The van der Waals surface area contributed by atoms with Crippen LogP contribution in [0.4, 0.5) is 0 Å². The van der Waals surface area contributed by atoms with Gasteiger partial charge in [-0.15, -0.1) is 0 Å². The van der Waals surface area contributed by atoms with Crippen LogP contribution in [-0.2, 0) is 4.43 Å². The second-order valence-electron chi connectivity index (χ2n) is 9.24. The van der Waals surface area contributed by atoms with E-state index in [0.717, 1.165) is 6.42 Å². The summed E-state index contributed by atoms with van der Waals surface area (Å²) in [5.74, 6) is -0.127. The number of hydrogen-bond donors (Lipinski definition) is 2. The molecular weight excluding hydrogens is 388 g/mol. The fourth-order valence-corrected chi connectivity index (χ4v) is 8.67. The second kappa shape index (κ2) is 11.1. The van der Waals surface area contributed by atoms with E-state index in [2.05, 4.69) is 87.5 Å². The van der Waals surface area contributed by atoms with Gasteiger partial charge in [0.25, 0.3) is 8.32 Å². The third kappa shape index (κ3) is 5.70. The van der Waals surface area contributed by atoms with Crippen LogP contribution in [0.2, 0.25) is 5.04 Å². The van der Waals surface area contributed by atoms with Gasteiger partial charge in [-0.2, -0.15) is 0 Å². The van der Waals surface area contributed by atoms with Gasteiger partial charge in [-0.3, -0.25) is 0 Å². The zero-order valence-corrected chi connectivity index (χ0v) is 20.1. The van der Waals surface area contributed by atoms with Gasteiger partial charge in [-0.25, -0.2) is 0 Å². The topological polar surface area (TPSA) is 49.7 Å². The van der Waals surface area contributed by atoms with E-state index >= 15 is 0 Å². The zero-order valence-electron chi connectivity index (χ0n) is 19.1. The molecule has 0 aliphatic heterocycles. The molecule has 3 atom stereocenters. The Kier molecular flexibility index (Phi) is 9.04. The van der Waals surface area contributed by atoms with Gasteiger partial charge in [0.15, 0.2) is 0 Å². The summed E-state index contributed by atoms with van der Waals surface area (Å²) in [6.45, 7) is 11.3. The minimum absolute atomic E-state index is 0.0000137. The maximum atomic E-state index is 10.2. The van der Waals surface area contributed by atoms with Gasteiger partial charge in [0.2, 0.25) is 0 Å². The molecule has 0 spiro atoms. The predicted molar refractivity (Wildman–Crippen MR) is 129 cm³/mol. The Morgan fingerprint density at radius 1 is 0.933 bits per heavy atom. The molecule has 0 bridgehead atoms. The lowest BCUT2D eigenvalue weighted by Crippen LogP contribution is -2.66. The molecule has 0 unspecified atom stereocenters. The molecule has 0 radical (unpaired) electrons. The van der Waals surface area contributed by atoms with Crippen LogP contribution in [-0.4, -0.2) is 37.8 Å². The first-order valence-electron chi connectivity index (χ1n) is 10.9. The van der Waals surface area contributed by atoms with Crippen LogP contribution in [0.5, 0.6) is 0 Å². The molecule has 30 heavy (non-hydrogen) atoms. The monoisotopic (exact) mass is 426 g/mol. The van der Waals surface area contributed by atoms with Crippen LogP contribution in [0.3, 0.4) is 0 Å². The van der Waals surface area contributed by atoms with Gasteiger partial charge in [-0.1, -0.05) is 107 Å². The Balaban J connectivity index is 2.22. The van der Waals surface area contributed by atoms with E-state index in [4.69, 9.17) is 4.43 Å². The normalized spacial score (nSPS) is 15.8. The van der Waals surface area contributed by atoms with Crippen molar-refractivity contribution in [2.75, 3.05) is 13.2 Å². The Hall–Kier alpha value is -1.72. The van der Waals surface area contributed by atoms with E-state index in [1.165, 1.54) is 10.4 Å². The molecule has 2 aromatic carbocycles. The molecule has 0 saturated carbocycles. The molecule has 0 aromatic heterocycles. The third-order valence-electron chi connectivity index (χ3n) is 5.87. The molecule has 0 fully saturated rings. The number of aliphatic hydroxyl groups is 2. The van der Waals surface area contributed by atoms with Crippen LogP contribution in [0.1, 0.15) is 41.0 Å². The first-order chi connectivity index (χ1) is 14.2. The third-order valence-corrected chi connectivity index (χ3v) is 10.9. The fourth-order valence-electron chi connectivity index (χ4n) is 4.09. The fraction of sp³-hybridized carbons (Fsp3) is 0.462. The Labute approximate surface area is 183 Å². The summed E-state index contributed by atoms with van der Waals surface area (Å²) in [7, 11) is -2.49. The van der Waals surface area contributed by atoms with Gasteiger partial charge in [0.1, 0.15) is 0 Å². The molecule has 0 aliphatic carbocycles. The van der Waals surface area contributed by atoms with Crippen molar-refractivity contribution in [3.63, 3.8) is 0 Å². The molecule has 4 heteroatoms. The summed E-state index contributed by atoms with van der Waals surface area (Å²) in [4.78, 5) is 0. The standard InChI is InChI=1S/C26H38O3Si/c1-21(25(28)22(2)20-27)14-12-13-19-29-30(26(3,4)5,23-15-8-6-9-16-23)24-17-10-7-11-18-24/h6-12,14-18,21-22,25,27-28H,13,19-20H2,1-5H3/b14-12+/t21-,22+,25-/m0/s1. The van der Waals surface area contributed by atoms with Crippen LogP contribution >= 0.6 is 0 Å². The van der Waals surface area contributed by atoms with Crippen LogP contribution in [0.15, 0.2) is 72.8 Å². The van der Waals surface area contributed by atoms with E-state index in [1.807, 2.05) is 19.9 Å². The zero-order chi connectivity index (χ0) is 22.2. The van der Waals surface area contributed by atoms with Crippen molar-refractivity contribution >= 4 is 18.7 Å². The maximum absolute atomic E-state index is 10.2. The molecule has 0 amide bonds. The predicted octanol–water partition coefficient (Wildman–Crippen LogP) is 4.13. The van der Waals surface area contributed by atoms with E-state index in [-0.39, 0.29) is 23.5 Å². The molecule has 0 saturated heterocycles. The number of benzene rings is 2. The first kappa shape index (κ1) is 24.5. The summed E-state index contributed by atoms with van der Waals surface area (Å²) in [5, 5.41) is 22.0. The van der Waals surface area contributed by atoms with Crippen molar-refractivity contribution in [3.05, 3.63) is 72.8 Å².